The number of thioether (sulfide) groups is 2. The lowest BCUT2D eigenvalue weighted by atomic mass is 10.3. The molecule has 6 heteroatoms. The van der Waals surface area contributed by atoms with E-state index in [1.165, 1.54) is 23.5 Å². The van der Waals surface area contributed by atoms with Gasteiger partial charge in [-0.1, -0.05) is 23.9 Å². The number of rotatable bonds is 5. The summed E-state index contributed by atoms with van der Waals surface area (Å²) in [6, 6.07) is 7.51. The van der Waals surface area contributed by atoms with Gasteiger partial charge in [0.1, 0.15) is 4.38 Å². The molecule has 0 aliphatic carbocycles. The van der Waals surface area contributed by atoms with Crippen LogP contribution in [0.4, 0.5) is 0 Å². The van der Waals surface area contributed by atoms with Crippen molar-refractivity contribution in [1.82, 2.24) is 0 Å². The number of hydrogen-bond acceptors (Lipinski definition) is 6. The van der Waals surface area contributed by atoms with E-state index in [0.717, 1.165) is 21.6 Å². The Kier molecular flexibility index (Phi) is 7.14. The highest BCUT2D eigenvalue weighted by Crippen LogP contribution is 2.26. The number of para-hydroxylation sites is 2. The topological polar surface area (TPSA) is 54.6 Å². The quantitative estimate of drug-likeness (QED) is 0.359. The van der Waals surface area contributed by atoms with Crippen LogP contribution in [0.3, 0.4) is 0 Å². The molecule has 0 radical (unpaired) electrons. The minimum atomic E-state index is 0.538. The first-order valence-corrected chi connectivity index (χ1v) is 7.42. The lowest BCUT2D eigenvalue weighted by molar-refractivity contribution is 0.314. The van der Waals surface area contributed by atoms with Crippen LogP contribution in [0.15, 0.2) is 29.3 Å². The van der Waals surface area contributed by atoms with Crippen molar-refractivity contribution in [2.75, 3.05) is 25.7 Å². The predicted octanol–water partition coefficient (Wildman–Crippen LogP) is 3.01. The van der Waals surface area contributed by atoms with Gasteiger partial charge in [-0.15, -0.1) is 11.8 Å². The molecule has 1 rings (SSSR count). The summed E-state index contributed by atoms with van der Waals surface area (Å²) in [4.78, 5) is 3.69. The van der Waals surface area contributed by atoms with E-state index in [1.54, 1.807) is 13.3 Å². The molecule has 0 atom stereocenters. The third-order valence-electron chi connectivity index (χ3n) is 1.95. The minimum Gasteiger partial charge on any atom is -0.493 e. The van der Waals surface area contributed by atoms with E-state index in [0.29, 0.717) is 6.61 Å². The largest absolute Gasteiger partial charge is 0.493 e. The minimum absolute atomic E-state index is 0.538. The molecule has 0 unspecified atom stereocenters. The summed E-state index contributed by atoms with van der Waals surface area (Å²) in [5, 5.41) is 8.46. The summed E-state index contributed by atoms with van der Waals surface area (Å²) in [5.41, 5.74) is 0. The van der Waals surface area contributed by atoms with Gasteiger partial charge in [-0.2, -0.15) is 10.3 Å². The Morgan fingerprint density at radius 1 is 1.39 bits per heavy atom. The van der Waals surface area contributed by atoms with Crippen LogP contribution in [0.5, 0.6) is 11.5 Å². The summed E-state index contributed by atoms with van der Waals surface area (Å²) in [6.45, 7) is 0.538. The molecule has 0 saturated heterocycles. The Hall–Kier alpha value is -1.32. The number of hydrogen-bond donors (Lipinski definition) is 0. The fourth-order valence-corrected chi connectivity index (χ4v) is 2.50. The van der Waals surface area contributed by atoms with Crippen molar-refractivity contribution in [3.63, 3.8) is 0 Å². The highest BCUT2D eigenvalue weighted by Gasteiger charge is 2.03. The second-order valence-corrected chi connectivity index (χ2v) is 5.17. The van der Waals surface area contributed by atoms with Crippen LogP contribution in [0.1, 0.15) is 0 Å². The average Bonchev–Trinajstić information content (AvgIpc) is 2.42. The number of nitrogens with zero attached hydrogens (tertiary/aromatic N) is 2. The highest BCUT2D eigenvalue weighted by molar-refractivity contribution is 8.38. The van der Waals surface area contributed by atoms with Crippen molar-refractivity contribution in [3.8, 4) is 17.7 Å². The van der Waals surface area contributed by atoms with Crippen molar-refractivity contribution in [2.24, 2.45) is 4.99 Å². The highest BCUT2D eigenvalue weighted by atomic mass is 32.2. The van der Waals surface area contributed by atoms with E-state index in [2.05, 4.69) is 4.99 Å². The van der Waals surface area contributed by atoms with Gasteiger partial charge in [-0.25, -0.2) is 0 Å². The van der Waals surface area contributed by atoms with Gasteiger partial charge in [0.15, 0.2) is 11.5 Å². The van der Waals surface area contributed by atoms with Crippen LogP contribution < -0.4 is 9.47 Å². The van der Waals surface area contributed by atoms with Crippen LogP contribution in [-0.4, -0.2) is 30.1 Å². The number of methoxy groups -OCH3 is 1. The molecular weight excluding hydrogens is 268 g/mol. The molecule has 0 heterocycles. The second-order valence-electron chi connectivity index (χ2n) is 3.03. The predicted molar refractivity (Wildman–Crippen MR) is 77.5 cm³/mol. The van der Waals surface area contributed by atoms with Crippen molar-refractivity contribution < 1.29 is 9.47 Å². The molecule has 1 aromatic rings. The fraction of sp³-hybridized carbons (Fsp3) is 0.333. The monoisotopic (exact) mass is 282 g/mol. The van der Waals surface area contributed by atoms with E-state index in [-0.39, 0.29) is 0 Å². The number of ether oxygens (including phenoxy) is 2. The third kappa shape index (κ3) is 4.90. The van der Waals surface area contributed by atoms with E-state index < -0.39 is 0 Å². The molecule has 0 bridgehead atoms. The summed E-state index contributed by atoms with van der Waals surface area (Å²) in [7, 11) is 1.61. The van der Waals surface area contributed by atoms with Gasteiger partial charge in [0, 0.05) is 5.75 Å². The summed E-state index contributed by atoms with van der Waals surface area (Å²) >= 11 is 2.96. The van der Waals surface area contributed by atoms with Crippen LogP contribution in [0, 0.1) is 11.5 Å². The molecule has 96 valence electrons. The van der Waals surface area contributed by atoms with Gasteiger partial charge in [0.05, 0.1) is 13.7 Å². The lowest BCUT2D eigenvalue weighted by Crippen LogP contribution is -2.03. The van der Waals surface area contributed by atoms with Crippen molar-refractivity contribution in [3.05, 3.63) is 24.3 Å². The Bertz CT molecular complexity index is 444. The van der Waals surface area contributed by atoms with Gasteiger partial charge in [-0.3, -0.25) is 0 Å². The molecule has 0 aliphatic heterocycles. The number of nitriles is 1. The number of benzene rings is 1. The summed E-state index contributed by atoms with van der Waals surface area (Å²) in [5.74, 6) is 2.18. The molecule has 18 heavy (non-hydrogen) atoms. The van der Waals surface area contributed by atoms with Gasteiger partial charge in [0.2, 0.25) is 6.19 Å². The smallest absolute Gasteiger partial charge is 0.207 e. The summed E-state index contributed by atoms with van der Waals surface area (Å²) in [6.07, 6.45) is 3.67. The zero-order chi connectivity index (χ0) is 13.2. The Labute approximate surface area is 115 Å². The molecule has 0 amide bonds. The first kappa shape index (κ1) is 14.7. The Morgan fingerprint density at radius 3 is 2.72 bits per heavy atom. The molecule has 0 N–H and O–H groups in total. The fourth-order valence-electron chi connectivity index (χ4n) is 1.20. The molecule has 4 nitrogen and oxygen atoms in total. The molecular formula is C12H14N2O2S2. The van der Waals surface area contributed by atoms with Crippen molar-refractivity contribution in [2.45, 2.75) is 0 Å². The zero-order valence-electron chi connectivity index (χ0n) is 10.3. The first-order chi connectivity index (χ1) is 8.81. The maximum Gasteiger partial charge on any atom is 0.207 e. The van der Waals surface area contributed by atoms with Crippen molar-refractivity contribution >= 4 is 27.9 Å². The molecule has 0 saturated carbocycles. The average molecular weight is 282 g/mol. The Morgan fingerprint density at radius 2 is 2.11 bits per heavy atom. The normalized spacial score (nSPS) is 10.8. The molecule has 0 aromatic heterocycles. The van der Waals surface area contributed by atoms with E-state index in [9.17, 15) is 0 Å². The van der Waals surface area contributed by atoms with E-state index in [4.69, 9.17) is 14.7 Å². The lowest BCUT2D eigenvalue weighted by Gasteiger charge is -2.09. The van der Waals surface area contributed by atoms with E-state index in [1.807, 2.05) is 30.5 Å². The van der Waals surface area contributed by atoms with Crippen LogP contribution >= 0.6 is 23.5 Å². The molecule has 1 aromatic carbocycles. The van der Waals surface area contributed by atoms with Gasteiger partial charge >= 0.3 is 0 Å². The van der Waals surface area contributed by atoms with Gasteiger partial charge in [0.25, 0.3) is 0 Å². The molecule has 0 spiro atoms. The standard InChI is InChI=1S/C12H14N2O2S2/c1-15-10-5-3-4-6-11(10)16-7-8-18-12(17-2)14-9-13/h3-6H,7-8H2,1-2H3. The first-order valence-electron chi connectivity index (χ1n) is 5.21. The van der Waals surface area contributed by atoms with Crippen molar-refractivity contribution in [1.29, 1.82) is 5.26 Å². The van der Waals surface area contributed by atoms with Crippen LogP contribution in [-0.2, 0) is 0 Å². The van der Waals surface area contributed by atoms with Gasteiger partial charge in [-0.05, 0) is 18.4 Å². The van der Waals surface area contributed by atoms with Gasteiger partial charge < -0.3 is 9.47 Å². The molecule has 0 aliphatic rings. The van der Waals surface area contributed by atoms with Crippen LogP contribution in [0.25, 0.3) is 0 Å². The maximum absolute atomic E-state index is 8.46. The summed E-state index contributed by atoms with van der Waals surface area (Å²) < 4.78 is 11.5. The molecule has 0 fully saturated rings. The maximum atomic E-state index is 8.46. The zero-order valence-corrected chi connectivity index (χ0v) is 11.9. The SMILES string of the molecule is COc1ccccc1OCCSC(=NC#N)SC. The number of aliphatic imine (C=N–C) groups is 1. The van der Waals surface area contributed by atoms with E-state index >= 15 is 0 Å². The Balaban J connectivity index is 2.38. The third-order valence-corrected chi connectivity index (χ3v) is 3.95. The van der Waals surface area contributed by atoms with Crippen LogP contribution in [0.2, 0.25) is 0 Å². The second kappa shape index (κ2) is 8.72.